The Labute approximate surface area is 148 Å². The highest BCUT2D eigenvalue weighted by molar-refractivity contribution is 7.19. The molecule has 0 radical (unpaired) electrons. The van der Waals surface area contributed by atoms with Gasteiger partial charge in [-0.05, 0) is 18.1 Å². The third kappa shape index (κ3) is 3.38. The SMILES string of the molecule is CCCc1ccc2c(F)c(C(F)(F)Oc3cc(F)c(F)c(F)c3)sc2c1. The molecule has 1 nitrogen and oxygen atoms in total. The lowest BCUT2D eigenvalue weighted by atomic mass is 10.1. The van der Waals surface area contributed by atoms with Gasteiger partial charge in [0.15, 0.2) is 28.1 Å². The third-order valence-electron chi connectivity index (χ3n) is 3.70. The van der Waals surface area contributed by atoms with Crippen LogP contribution in [0, 0.1) is 23.3 Å². The first-order chi connectivity index (χ1) is 12.2. The number of rotatable bonds is 5. The summed E-state index contributed by atoms with van der Waals surface area (Å²) in [7, 11) is 0. The van der Waals surface area contributed by atoms with Crippen molar-refractivity contribution in [3.05, 3.63) is 64.0 Å². The zero-order valence-electron chi connectivity index (χ0n) is 13.4. The van der Waals surface area contributed by atoms with Crippen LogP contribution in [-0.4, -0.2) is 0 Å². The summed E-state index contributed by atoms with van der Waals surface area (Å²) >= 11 is 0.490. The Bertz CT molecular complexity index is 943. The molecule has 0 atom stereocenters. The van der Waals surface area contributed by atoms with E-state index >= 15 is 0 Å². The molecule has 0 fully saturated rings. The summed E-state index contributed by atoms with van der Waals surface area (Å²) in [6.07, 6.45) is -2.63. The molecule has 1 heterocycles. The zero-order chi connectivity index (χ0) is 19.1. The molecule has 3 aromatic rings. The lowest BCUT2D eigenvalue weighted by Gasteiger charge is -2.16. The number of thiophene rings is 1. The minimum Gasteiger partial charge on any atom is -0.428 e. The van der Waals surface area contributed by atoms with Crippen molar-refractivity contribution < 1.29 is 31.1 Å². The van der Waals surface area contributed by atoms with Crippen LogP contribution >= 0.6 is 11.3 Å². The van der Waals surface area contributed by atoms with Crippen LogP contribution in [-0.2, 0) is 12.5 Å². The molecule has 1 aromatic heterocycles. The average molecular weight is 390 g/mol. The van der Waals surface area contributed by atoms with Gasteiger partial charge in [-0.1, -0.05) is 25.5 Å². The molecule has 0 amide bonds. The van der Waals surface area contributed by atoms with Crippen LogP contribution in [0.2, 0.25) is 0 Å². The largest absolute Gasteiger partial charge is 0.439 e. The molecular formula is C18H12F6OS. The van der Waals surface area contributed by atoms with Crippen LogP contribution in [0.4, 0.5) is 26.3 Å². The van der Waals surface area contributed by atoms with Gasteiger partial charge in [0.1, 0.15) is 5.75 Å². The lowest BCUT2D eigenvalue weighted by Crippen LogP contribution is -2.22. The molecule has 0 bridgehead atoms. The molecule has 0 saturated heterocycles. The molecule has 138 valence electrons. The Kier molecular flexibility index (Phi) is 4.88. The van der Waals surface area contributed by atoms with E-state index in [1.54, 1.807) is 12.1 Å². The summed E-state index contributed by atoms with van der Waals surface area (Å²) in [5.74, 6) is -7.29. The minimum atomic E-state index is -4.19. The van der Waals surface area contributed by atoms with Gasteiger partial charge < -0.3 is 4.74 Å². The minimum absolute atomic E-state index is 0.00425. The van der Waals surface area contributed by atoms with E-state index in [4.69, 9.17) is 0 Å². The topological polar surface area (TPSA) is 9.23 Å². The van der Waals surface area contributed by atoms with E-state index in [1.807, 2.05) is 6.92 Å². The second-order valence-corrected chi connectivity index (χ2v) is 6.70. The van der Waals surface area contributed by atoms with Crippen LogP contribution < -0.4 is 4.74 Å². The normalized spacial score (nSPS) is 12.0. The van der Waals surface area contributed by atoms with Gasteiger partial charge in [0.2, 0.25) is 0 Å². The third-order valence-corrected chi connectivity index (χ3v) is 4.88. The standard InChI is InChI=1S/C18H12F6OS/c1-2-3-9-4-5-11-14(6-9)26-17(15(11)21)18(23,24)25-10-7-12(19)16(22)13(20)8-10/h4-8H,2-3H2,1H3. The highest BCUT2D eigenvalue weighted by Crippen LogP contribution is 2.42. The van der Waals surface area contributed by atoms with Crippen LogP contribution in [0.1, 0.15) is 23.8 Å². The molecule has 0 unspecified atom stereocenters. The Balaban J connectivity index is 1.99. The van der Waals surface area contributed by atoms with Crippen LogP contribution in [0.15, 0.2) is 30.3 Å². The van der Waals surface area contributed by atoms with Gasteiger partial charge >= 0.3 is 6.11 Å². The molecule has 2 aromatic carbocycles. The molecule has 3 rings (SSSR count). The maximum Gasteiger partial charge on any atom is 0.439 e. The number of alkyl halides is 2. The van der Waals surface area contributed by atoms with Gasteiger partial charge in [-0.3, -0.25) is 0 Å². The van der Waals surface area contributed by atoms with Crippen molar-refractivity contribution in [2.24, 2.45) is 0 Å². The number of ether oxygens (including phenoxy) is 1. The van der Waals surface area contributed by atoms with Gasteiger partial charge in [-0.25, -0.2) is 17.6 Å². The van der Waals surface area contributed by atoms with E-state index in [-0.39, 0.29) is 17.5 Å². The van der Waals surface area contributed by atoms with Gasteiger partial charge in [-0.15, -0.1) is 11.3 Å². The smallest absolute Gasteiger partial charge is 0.428 e. The number of halogens is 6. The summed E-state index contributed by atoms with van der Waals surface area (Å²) in [5, 5.41) is 0.00425. The number of aryl methyl sites for hydroxylation is 1. The van der Waals surface area contributed by atoms with Crippen molar-refractivity contribution in [3.8, 4) is 5.75 Å². The van der Waals surface area contributed by atoms with Crippen molar-refractivity contribution in [3.63, 3.8) is 0 Å². The maximum atomic E-state index is 14.4. The highest BCUT2D eigenvalue weighted by atomic mass is 32.1. The fraction of sp³-hybridized carbons (Fsp3) is 0.222. The van der Waals surface area contributed by atoms with Crippen molar-refractivity contribution in [1.82, 2.24) is 0 Å². The number of fused-ring (bicyclic) bond motifs is 1. The van der Waals surface area contributed by atoms with Crippen molar-refractivity contribution in [2.45, 2.75) is 25.9 Å². The summed E-state index contributed by atoms with van der Waals surface area (Å²) in [5.41, 5.74) is 0.875. The summed E-state index contributed by atoms with van der Waals surface area (Å²) in [6, 6.07) is 5.22. The van der Waals surface area contributed by atoms with Crippen molar-refractivity contribution >= 4 is 21.4 Å². The lowest BCUT2D eigenvalue weighted by molar-refractivity contribution is -0.184. The van der Waals surface area contributed by atoms with Gasteiger partial charge in [0.05, 0.1) is 0 Å². The first-order valence-electron chi connectivity index (χ1n) is 7.65. The van der Waals surface area contributed by atoms with Gasteiger partial charge in [0.25, 0.3) is 0 Å². The van der Waals surface area contributed by atoms with E-state index in [0.717, 1.165) is 12.0 Å². The van der Waals surface area contributed by atoms with E-state index < -0.39 is 40.0 Å². The molecule has 0 aliphatic carbocycles. The molecule has 0 N–H and O–H groups in total. The average Bonchev–Trinajstić information content (AvgIpc) is 2.90. The van der Waals surface area contributed by atoms with E-state index in [2.05, 4.69) is 4.74 Å². The second kappa shape index (κ2) is 6.83. The van der Waals surface area contributed by atoms with Crippen molar-refractivity contribution in [2.75, 3.05) is 0 Å². The molecule has 26 heavy (non-hydrogen) atoms. The number of benzene rings is 2. The molecule has 0 aliphatic rings. The van der Waals surface area contributed by atoms with E-state index in [9.17, 15) is 26.3 Å². The first-order valence-corrected chi connectivity index (χ1v) is 8.47. The van der Waals surface area contributed by atoms with Crippen LogP contribution in [0.3, 0.4) is 0 Å². The van der Waals surface area contributed by atoms with Crippen LogP contribution in [0.25, 0.3) is 10.1 Å². The fourth-order valence-corrected chi connectivity index (χ4v) is 3.58. The summed E-state index contributed by atoms with van der Waals surface area (Å²) in [6.45, 7) is 1.95. The fourth-order valence-electron chi connectivity index (χ4n) is 2.53. The number of hydrogen-bond donors (Lipinski definition) is 0. The Hall–Kier alpha value is -2.22. The summed E-state index contributed by atoms with van der Waals surface area (Å²) in [4.78, 5) is -1.02. The zero-order valence-corrected chi connectivity index (χ0v) is 14.2. The molecule has 0 spiro atoms. The van der Waals surface area contributed by atoms with Crippen LogP contribution in [0.5, 0.6) is 5.75 Å². The molecular weight excluding hydrogens is 378 g/mol. The number of hydrogen-bond acceptors (Lipinski definition) is 2. The Morgan fingerprint density at radius 1 is 0.962 bits per heavy atom. The van der Waals surface area contributed by atoms with E-state index in [0.29, 0.717) is 22.5 Å². The molecule has 8 heteroatoms. The predicted octanol–water partition coefficient (Wildman–Crippen LogP) is 6.54. The predicted molar refractivity (Wildman–Crippen MR) is 86.6 cm³/mol. The molecule has 0 aliphatic heterocycles. The van der Waals surface area contributed by atoms with Crippen molar-refractivity contribution in [1.29, 1.82) is 0 Å². The maximum absolute atomic E-state index is 14.4. The highest BCUT2D eigenvalue weighted by Gasteiger charge is 2.41. The van der Waals surface area contributed by atoms with Gasteiger partial charge in [-0.2, -0.15) is 8.78 Å². The first kappa shape index (κ1) is 18.6. The van der Waals surface area contributed by atoms with Gasteiger partial charge in [0, 0.05) is 22.2 Å². The Morgan fingerprint density at radius 3 is 2.23 bits per heavy atom. The quantitative estimate of drug-likeness (QED) is 0.355. The second-order valence-electron chi connectivity index (χ2n) is 5.65. The molecule has 0 saturated carbocycles. The summed E-state index contributed by atoms with van der Waals surface area (Å²) < 4.78 is 87.0. The Morgan fingerprint density at radius 2 is 1.62 bits per heavy atom. The monoisotopic (exact) mass is 390 g/mol. The van der Waals surface area contributed by atoms with E-state index in [1.165, 1.54) is 6.07 Å².